The van der Waals surface area contributed by atoms with E-state index >= 15 is 0 Å². The van der Waals surface area contributed by atoms with Gasteiger partial charge in [-0.2, -0.15) is 0 Å². The van der Waals surface area contributed by atoms with Crippen molar-refractivity contribution in [3.8, 4) is 39.1 Å². The first-order chi connectivity index (χ1) is 57.5. The number of furan rings is 1. The van der Waals surface area contributed by atoms with Crippen molar-refractivity contribution >= 4 is 175 Å². The van der Waals surface area contributed by atoms with Crippen molar-refractivity contribution in [1.29, 1.82) is 0 Å². The molecule has 8 heteroatoms. The molecule has 0 aliphatic carbocycles. The van der Waals surface area contributed by atoms with Gasteiger partial charge in [-0.25, -0.2) is 0 Å². The number of fused-ring (bicyclic) bond motifs is 12. The molecule has 0 radical (unpaired) electrons. The average molecular weight is 1520 g/mol. The highest BCUT2D eigenvalue weighted by Crippen LogP contribution is 2.48. The summed E-state index contributed by atoms with van der Waals surface area (Å²) in [6, 6.07) is 159. The molecule has 0 bridgehead atoms. The summed E-state index contributed by atoms with van der Waals surface area (Å²) in [6.45, 7) is 0. The Morgan fingerprint density at radius 2 is 0.517 bits per heavy atom. The molecule has 0 atom stereocenters. The van der Waals surface area contributed by atoms with Gasteiger partial charge in [-0.1, -0.05) is 237 Å². The lowest BCUT2D eigenvalue weighted by molar-refractivity contribution is 0.669. The van der Waals surface area contributed by atoms with E-state index in [0.29, 0.717) is 0 Å². The smallest absolute Gasteiger partial charge is 0.135 e. The summed E-state index contributed by atoms with van der Waals surface area (Å²) in [4.78, 5) is 9.36. The molecule has 4 aromatic heterocycles. The van der Waals surface area contributed by atoms with E-state index in [1.165, 1.54) is 84.4 Å². The highest BCUT2D eigenvalue weighted by Gasteiger charge is 2.24. The number of benzene rings is 18. The Morgan fingerprint density at radius 1 is 0.172 bits per heavy atom. The fraction of sp³-hybridized carbons (Fsp3) is 0. The van der Waals surface area contributed by atoms with Crippen molar-refractivity contribution < 1.29 is 4.42 Å². The first-order valence-electron chi connectivity index (χ1n) is 39.3. The zero-order chi connectivity index (χ0) is 76.8. The minimum absolute atomic E-state index is 0.883. The number of nitrogens with zero attached hydrogens (tertiary/aromatic N) is 5. The SMILES string of the molecule is c1ccc(-c2cc(-c3ccc4c(c3)sc3ccc(N(c5ccccc5)c5ccccc5)cc34)cc(N(c3ccccc3)c3ccc4oc5ccccc5c4c3)c2)cc1.c1ccc(N(c2ccccc2)c2ccc3c(c2)sc2ccc(-c4ccc5c6ccc(N(c7ccccc7)c7ccccc7)cc6n(-c6ccccc6)c5c4)cc23)cc1. The number of thiophene rings is 2. The van der Waals surface area contributed by atoms with Crippen molar-refractivity contribution in [3.63, 3.8) is 0 Å². The molecule has 0 unspecified atom stereocenters. The Bertz CT molecular complexity index is 7200. The Hall–Kier alpha value is -14.8. The molecule has 116 heavy (non-hydrogen) atoms. The number of para-hydroxylation sites is 9. The summed E-state index contributed by atoms with van der Waals surface area (Å²) < 4.78 is 13.8. The van der Waals surface area contributed by atoms with Gasteiger partial charge in [-0.3, -0.25) is 0 Å². The normalized spacial score (nSPS) is 11.4. The Kier molecular flexibility index (Phi) is 17.9. The zero-order valence-corrected chi connectivity index (χ0v) is 64.7. The molecule has 4 heterocycles. The molecule has 22 aromatic rings. The minimum Gasteiger partial charge on any atom is -0.456 e. The molecule has 0 aliphatic heterocycles. The topological polar surface area (TPSA) is 31.0 Å². The van der Waals surface area contributed by atoms with Crippen LogP contribution in [0, 0.1) is 0 Å². The Labute approximate surface area is 680 Å². The summed E-state index contributed by atoms with van der Waals surface area (Å²) >= 11 is 3.71. The summed E-state index contributed by atoms with van der Waals surface area (Å²) in [7, 11) is 0. The molecule has 0 amide bonds. The first kappa shape index (κ1) is 69.2. The molecule has 0 saturated carbocycles. The number of hydrogen-bond donors (Lipinski definition) is 0. The van der Waals surface area contributed by atoms with E-state index in [9.17, 15) is 0 Å². The summed E-state index contributed by atoms with van der Waals surface area (Å²) in [5.74, 6) is 0. The van der Waals surface area contributed by atoms with Gasteiger partial charge in [0, 0.05) is 136 Å². The van der Waals surface area contributed by atoms with Gasteiger partial charge in [0.05, 0.1) is 11.0 Å². The van der Waals surface area contributed by atoms with Crippen molar-refractivity contribution in [2.75, 3.05) is 19.6 Å². The maximum Gasteiger partial charge on any atom is 0.135 e. The van der Waals surface area contributed by atoms with Crippen LogP contribution in [0.5, 0.6) is 0 Å². The van der Waals surface area contributed by atoms with Crippen LogP contribution in [0.15, 0.2) is 447 Å². The van der Waals surface area contributed by atoms with E-state index in [0.717, 1.165) is 107 Å². The zero-order valence-electron chi connectivity index (χ0n) is 63.1. The van der Waals surface area contributed by atoms with Gasteiger partial charge >= 0.3 is 0 Å². The molecule has 22 rings (SSSR count). The molecule has 18 aromatic carbocycles. The molecule has 6 nitrogen and oxygen atoms in total. The average Bonchev–Trinajstić information content (AvgIpc) is 1.58. The van der Waals surface area contributed by atoms with E-state index in [1.54, 1.807) is 0 Å². The summed E-state index contributed by atoms with van der Waals surface area (Å²) in [5, 5.41) is 9.76. The van der Waals surface area contributed by atoms with E-state index < -0.39 is 0 Å². The van der Waals surface area contributed by atoms with Gasteiger partial charge in [0.25, 0.3) is 0 Å². The molecule has 548 valence electrons. The number of aromatic nitrogens is 1. The predicted molar refractivity (Wildman–Crippen MR) is 495 cm³/mol. The van der Waals surface area contributed by atoms with Crippen molar-refractivity contribution in [3.05, 3.63) is 443 Å². The van der Waals surface area contributed by atoms with Crippen LogP contribution in [0.25, 0.3) is 123 Å². The third-order valence-corrected chi connectivity index (χ3v) is 24.4. The quantitative estimate of drug-likeness (QED) is 0.0962. The largest absolute Gasteiger partial charge is 0.456 e. The molecule has 0 fully saturated rings. The summed E-state index contributed by atoms with van der Waals surface area (Å²) in [5.41, 5.74) is 25.7. The van der Waals surface area contributed by atoms with Gasteiger partial charge in [0.2, 0.25) is 0 Å². The van der Waals surface area contributed by atoms with Crippen LogP contribution < -0.4 is 19.6 Å². The number of anilines is 12. The fourth-order valence-electron chi connectivity index (χ4n) is 16.7. The lowest BCUT2D eigenvalue weighted by atomic mass is 9.96. The number of hydrogen-bond acceptors (Lipinski definition) is 7. The predicted octanol–water partition coefficient (Wildman–Crippen LogP) is 32.0. The lowest BCUT2D eigenvalue weighted by Gasteiger charge is -2.27. The Balaban J connectivity index is 0.000000145. The van der Waals surface area contributed by atoms with Gasteiger partial charge in [0.15, 0.2) is 0 Å². The van der Waals surface area contributed by atoms with Crippen LogP contribution in [-0.4, -0.2) is 4.57 Å². The van der Waals surface area contributed by atoms with Crippen LogP contribution in [-0.2, 0) is 0 Å². The Morgan fingerprint density at radius 3 is 1.05 bits per heavy atom. The van der Waals surface area contributed by atoms with E-state index in [2.05, 4.69) is 455 Å². The van der Waals surface area contributed by atoms with Crippen LogP contribution >= 0.6 is 22.7 Å². The highest BCUT2D eigenvalue weighted by atomic mass is 32.1. The minimum atomic E-state index is 0.883. The second kappa shape index (κ2) is 30.0. The van der Waals surface area contributed by atoms with Crippen LogP contribution in [0.2, 0.25) is 0 Å². The van der Waals surface area contributed by atoms with Crippen molar-refractivity contribution in [1.82, 2.24) is 4.57 Å². The van der Waals surface area contributed by atoms with Crippen LogP contribution in [0.3, 0.4) is 0 Å². The van der Waals surface area contributed by atoms with Gasteiger partial charge in [0.1, 0.15) is 11.2 Å². The van der Waals surface area contributed by atoms with Crippen LogP contribution in [0.1, 0.15) is 0 Å². The van der Waals surface area contributed by atoms with Crippen molar-refractivity contribution in [2.24, 2.45) is 0 Å². The van der Waals surface area contributed by atoms with Crippen LogP contribution in [0.4, 0.5) is 68.2 Å². The second-order valence-electron chi connectivity index (χ2n) is 29.2. The third kappa shape index (κ3) is 13.0. The molecule has 0 saturated heterocycles. The standard InChI is InChI=1S/C54H37N3S.C54H36N2OS/c1-6-16-40(17-7-1)55(41-18-8-2-9-19-41)45-28-31-48-47-30-26-39(35-51(47)57(52(48)36-45)44-24-14-5-15-25-44)38-27-33-53-50(34-38)49-32-29-46(37-54(49)58-53)56(42-20-10-3-11-21-42)43-22-12-4-13-23-43;1-5-15-37(16-6-1)39-31-40(33-46(32-39)56(43-21-11-4-12-22-43)44-26-29-52-49(35-44)47-23-13-14-24-51(47)57-52)38-25-28-48-50-36-45(27-30-53(50)58-54(48)34-38)55(41-17-7-2-8-18-41)42-19-9-3-10-20-42/h1-37H;1-36H. The molecule has 0 aliphatic rings. The molecule has 0 N–H and O–H groups in total. The van der Waals surface area contributed by atoms with E-state index in [4.69, 9.17) is 4.42 Å². The maximum atomic E-state index is 6.25. The van der Waals surface area contributed by atoms with Gasteiger partial charge in [-0.05, 0) is 240 Å². The van der Waals surface area contributed by atoms with Crippen molar-refractivity contribution in [2.45, 2.75) is 0 Å². The molecule has 0 spiro atoms. The molecular weight excluding hydrogens is 1450 g/mol. The fourth-order valence-corrected chi connectivity index (χ4v) is 19.0. The monoisotopic (exact) mass is 1520 g/mol. The van der Waals surface area contributed by atoms with Gasteiger partial charge in [-0.15, -0.1) is 22.7 Å². The third-order valence-electron chi connectivity index (χ3n) is 22.1. The maximum absolute atomic E-state index is 6.25. The van der Waals surface area contributed by atoms with E-state index in [1.807, 2.05) is 34.8 Å². The molecular formula is C108H73N5OS2. The van der Waals surface area contributed by atoms with E-state index in [-0.39, 0.29) is 0 Å². The van der Waals surface area contributed by atoms with Gasteiger partial charge < -0.3 is 28.6 Å². The first-order valence-corrected chi connectivity index (χ1v) is 40.9. The highest BCUT2D eigenvalue weighted by molar-refractivity contribution is 7.26. The lowest BCUT2D eigenvalue weighted by Crippen LogP contribution is -2.10. The summed E-state index contributed by atoms with van der Waals surface area (Å²) in [6.07, 6.45) is 0. The number of rotatable bonds is 16. The second-order valence-corrected chi connectivity index (χ2v) is 31.4.